The van der Waals surface area contributed by atoms with Crippen LogP contribution in [0.15, 0.2) is 82.2 Å². The maximum atomic E-state index is 12.6. The third kappa shape index (κ3) is 5.90. The summed E-state index contributed by atoms with van der Waals surface area (Å²) in [6.07, 6.45) is 0.547. The molecule has 0 atom stereocenters. The molecule has 0 aromatic heterocycles. The van der Waals surface area contributed by atoms with Crippen molar-refractivity contribution in [1.29, 1.82) is 0 Å². The molecule has 6 nitrogen and oxygen atoms in total. The number of rotatable bonds is 7. The highest BCUT2D eigenvalue weighted by Gasteiger charge is 2.13. The van der Waals surface area contributed by atoms with Crippen LogP contribution in [-0.2, 0) is 16.4 Å². The summed E-state index contributed by atoms with van der Waals surface area (Å²) >= 11 is 3.39. The van der Waals surface area contributed by atoms with Crippen LogP contribution in [0.1, 0.15) is 15.9 Å². The molecular weight excluding hydrogens is 456 g/mol. The zero-order chi connectivity index (χ0) is 20.9. The van der Waals surface area contributed by atoms with Gasteiger partial charge in [-0.3, -0.25) is 4.79 Å². The average molecular weight is 475 g/mol. The number of nitrogens with one attached hydrogen (secondary N) is 1. The summed E-state index contributed by atoms with van der Waals surface area (Å²) < 4.78 is 29.3. The third-order valence-electron chi connectivity index (χ3n) is 4.11. The van der Waals surface area contributed by atoms with E-state index in [2.05, 4.69) is 21.2 Å². The molecule has 0 saturated heterocycles. The standard InChI is InChI=1S/C21H19BrN2O4S/c22-16-4-3-5-17(14-16)28-20-7-2-1-6-19(20)21(25)24-13-12-15-8-10-18(11-9-15)29(23,26)27/h1-11,14H,12-13H2,(H,24,25)(H2,23,26,27). The molecule has 1 amide bonds. The van der Waals surface area contributed by atoms with Crippen LogP contribution in [0.5, 0.6) is 11.5 Å². The molecule has 3 aromatic carbocycles. The van der Waals surface area contributed by atoms with Crippen LogP contribution in [0.3, 0.4) is 0 Å². The molecule has 0 bridgehead atoms. The first-order valence-electron chi connectivity index (χ1n) is 8.75. The van der Waals surface area contributed by atoms with Gasteiger partial charge in [0.05, 0.1) is 10.5 Å². The Morgan fingerprint density at radius 1 is 1.00 bits per heavy atom. The summed E-state index contributed by atoms with van der Waals surface area (Å²) in [5.74, 6) is 0.826. The topological polar surface area (TPSA) is 98.5 Å². The van der Waals surface area contributed by atoms with Crippen molar-refractivity contribution in [2.24, 2.45) is 5.14 Å². The van der Waals surface area contributed by atoms with Gasteiger partial charge in [0, 0.05) is 11.0 Å². The summed E-state index contributed by atoms with van der Waals surface area (Å²) in [6.45, 7) is 0.388. The van der Waals surface area contributed by atoms with E-state index in [1.807, 2.05) is 24.3 Å². The monoisotopic (exact) mass is 474 g/mol. The van der Waals surface area contributed by atoms with Crippen LogP contribution in [0.2, 0.25) is 0 Å². The van der Waals surface area contributed by atoms with Crippen molar-refractivity contribution in [2.45, 2.75) is 11.3 Å². The fraction of sp³-hybridized carbons (Fsp3) is 0.0952. The molecule has 29 heavy (non-hydrogen) atoms. The first-order valence-corrected chi connectivity index (χ1v) is 11.1. The van der Waals surface area contributed by atoms with E-state index in [4.69, 9.17) is 9.88 Å². The van der Waals surface area contributed by atoms with Crippen molar-refractivity contribution in [3.8, 4) is 11.5 Å². The van der Waals surface area contributed by atoms with Crippen molar-refractivity contribution in [3.63, 3.8) is 0 Å². The number of sulfonamides is 1. The van der Waals surface area contributed by atoms with Crippen molar-refractivity contribution in [1.82, 2.24) is 5.32 Å². The highest BCUT2D eigenvalue weighted by molar-refractivity contribution is 9.10. The number of carbonyl (C=O) groups excluding carboxylic acids is 1. The minimum absolute atomic E-state index is 0.0592. The van der Waals surface area contributed by atoms with E-state index in [-0.39, 0.29) is 10.8 Å². The second kappa shape index (κ2) is 9.21. The molecule has 3 N–H and O–H groups in total. The van der Waals surface area contributed by atoms with Gasteiger partial charge in [-0.2, -0.15) is 0 Å². The van der Waals surface area contributed by atoms with Crippen LogP contribution in [0, 0.1) is 0 Å². The molecule has 150 valence electrons. The lowest BCUT2D eigenvalue weighted by atomic mass is 10.1. The quantitative estimate of drug-likeness (QED) is 0.542. The fourth-order valence-corrected chi connectivity index (χ4v) is 3.56. The molecule has 0 radical (unpaired) electrons. The molecule has 8 heteroatoms. The fourth-order valence-electron chi connectivity index (χ4n) is 2.66. The van der Waals surface area contributed by atoms with Gasteiger partial charge >= 0.3 is 0 Å². The number of amides is 1. The molecule has 0 unspecified atom stereocenters. The van der Waals surface area contributed by atoms with Crippen LogP contribution >= 0.6 is 15.9 Å². The van der Waals surface area contributed by atoms with Crippen LogP contribution in [-0.4, -0.2) is 20.9 Å². The van der Waals surface area contributed by atoms with Gasteiger partial charge in [0.25, 0.3) is 5.91 Å². The molecule has 0 aliphatic carbocycles. The largest absolute Gasteiger partial charge is 0.456 e. The lowest BCUT2D eigenvalue weighted by Gasteiger charge is -2.12. The van der Waals surface area contributed by atoms with Gasteiger partial charge in [-0.15, -0.1) is 0 Å². The van der Waals surface area contributed by atoms with Gasteiger partial charge in [0.2, 0.25) is 10.0 Å². The van der Waals surface area contributed by atoms with Crippen molar-refractivity contribution >= 4 is 31.9 Å². The SMILES string of the molecule is NS(=O)(=O)c1ccc(CCNC(=O)c2ccccc2Oc2cccc(Br)c2)cc1. The predicted octanol–water partition coefficient (Wildman–Crippen LogP) is 3.86. The number of benzene rings is 3. The lowest BCUT2D eigenvalue weighted by molar-refractivity contribution is 0.0952. The highest BCUT2D eigenvalue weighted by Crippen LogP contribution is 2.27. The lowest BCUT2D eigenvalue weighted by Crippen LogP contribution is -2.26. The van der Waals surface area contributed by atoms with E-state index in [0.717, 1.165) is 10.0 Å². The van der Waals surface area contributed by atoms with E-state index >= 15 is 0 Å². The average Bonchev–Trinajstić information content (AvgIpc) is 2.68. The predicted molar refractivity (Wildman–Crippen MR) is 115 cm³/mol. The Kier molecular flexibility index (Phi) is 6.68. The second-order valence-electron chi connectivity index (χ2n) is 6.25. The second-order valence-corrected chi connectivity index (χ2v) is 8.73. The summed E-state index contributed by atoms with van der Waals surface area (Å²) in [4.78, 5) is 12.7. The summed E-state index contributed by atoms with van der Waals surface area (Å²) in [5, 5.41) is 7.95. The molecule has 0 fully saturated rings. The molecule has 0 aliphatic rings. The Bertz CT molecular complexity index is 1120. The number of carbonyl (C=O) groups is 1. The van der Waals surface area contributed by atoms with Crippen molar-refractivity contribution in [3.05, 3.63) is 88.4 Å². The highest BCUT2D eigenvalue weighted by atomic mass is 79.9. The van der Waals surface area contributed by atoms with Gasteiger partial charge in [0.15, 0.2) is 0 Å². The summed E-state index contributed by atoms with van der Waals surface area (Å²) in [5.41, 5.74) is 1.31. The molecule has 3 rings (SSSR count). The van der Waals surface area contributed by atoms with Crippen molar-refractivity contribution < 1.29 is 17.9 Å². The third-order valence-corrected chi connectivity index (χ3v) is 5.53. The van der Waals surface area contributed by atoms with E-state index in [1.165, 1.54) is 12.1 Å². The van der Waals surface area contributed by atoms with Crippen LogP contribution in [0.25, 0.3) is 0 Å². The number of nitrogens with two attached hydrogens (primary N) is 1. The normalized spacial score (nSPS) is 11.1. The number of para-hydroxylation sites is 1. The first kappa shape index (κ1) is 21.0. The number of hydrogen-bond donors (Lipinski definition) is 2. The Morgan fingerprint density at radius 3 is 2.41 bits per heavy atom. The minimum Gasteiger partial charge on any atom is -0.456 e. The first-order chi connectivity index (χ1) is 13.8. The van der Waals surface area contributed by atoms with E-state index in [1.54, 1.807) is 36.4 Å². The minimum atomic E-state index is -3.71. The van der Waals surface area contributed by atoms with Crippen LogP contribution < -0.4 is 15.2 Å². The van der Waals surface area contributed by atoms with Gasteiger partial charge < -0.3 is 10.1 Å². The maximum Gasteiger partial charge on any atom is 0.255 e. The number of halogens is 1. The summed E-state index contributed by atoms with van der Waals surface area (Å²) in [6, 6.07) is 20.6. The number of ether oxygens (including phenoxy) is 1. The number of primary sulfonamides is 1. The van der Waals surface area contributed by atoms with E-state index < -0.39 is 10.0 Å². The Hall–Kier alpha value is -2.68. The van der Waals surface area contributed by atoms with Gasteiger partial charge in [0.1, 0.15) is 11.5 Å². The van der Waals surface area contributed by atoms with E-state index in [0.29, 0.717) is 30.0 Å². The number of hydrogen-bond acceptors (Lipinski definition) is 4. The zero-order valence-corrected chi connectivity index (χ0v) is 17.7. The zero-order valence-electron chi connectivity index (χ0n) is 15.3. The molecule has 0 heterocycles. The molecule has 3 aromatic rings. The molecule has 0 spiro atoms. The van der Waals surface area contributed by atoms with Gasteiger partial charge in [-0.25, -0.2) is 13.6 Å². The smallest absolute Gasteiger partial charge is 0.255 e. The van der Waals surface area contributed by atoms with Crippen molar-refractivity contribution in [2.75, 3.05) is 6.54 Å². The van der Waals surface area contributed by atoms with Gasteiger partial charge in [-0.05, 0) is 54.4 Å². The molecular formula is C21H19BrN2O4S. The van der Waals surface area contributed by atoms with Crippen LogP contribution in [0.4, 0.5) is 0 Å². The Morgan fingerprint density at radius 2 is 1.72 bits per heavy atom. The Labute approximate surface area is 177 Å². The molecule has 0 saturated carbocycles. The Balaban J connectivity index is 1.62. The van der Waals surface area contributed by atoms with Gasteiger partial charge in [-0.1, -0.05) is 46.3 Å². The summed E-state index contributed by atoms with van der Waals surface area (Å²) in [7, 11) is -3.71. The molecule has 0 aliphatic heterocycles. The maximum absolute atomic E-state index is 12.6. The van der Waals surface area contributed by atoms with E-state index in [9.17, 15) is 13.2 Å².